The smallest absolute Gasteiger partial charge is 0.339 e. The van der Waals surface area contributed by atoms with Crippen LogP contribution in [-0.2, 0) is 23.9 Å². The molecule has 0 spiro atoms. The summed E-state index contributed by atoms with van der Waals surface area (Å²) >= 11 is 5.94. The molecule has 148 valence electrons. The van der Waals surface area contributed by atoms with Crippen LogP contribution in [0.25, 0.3) is 0 Å². The number of esters is 2. The number of benzene rings is 1. The van der Waals surface area contributed by atoms with Gasteiger partial charge < -0.3 is 9.47 Å². The molecule has 0 fully saturated rings. The number of hydrogen-bond donors (Lipinski definition) is 0. The number of halogens is 2. The molecule has 2 amide bonds. The molecule has 0 N–H and O–H groups in total. The Hall–Kier alpha value is -2.74. The monoisotopic (exact) mass is 409 g/mol. The number of methoxy groups -OCH3 is 1. The summed E-state index contributed by atoms with van der Waals surface area (Å²) in [6.45, 7) is -0.258. The summed E-state index contributed by atoms with van der Waals surface area (Å²) in [5, 5.41) is -0.235. The van der Waals surface area contributed by atoms with E-state index in [0.717, 1.165) is 29.9 Å². The van der Waals surface area contributed by atoms with Crippen molar-refractivity contribution >= 4 is 41.0 Å². The van der Waals surface area contributed by atoms with E-state index in [1.807, 2.05) is 0 Å². The largest absolute Gasteiger partial charge is 0.469 e. The Kier molecular flexibility index (Phi) is 5.79. The zero-order valence-electron chi connectivity index (χ0n) is 15.0. The number of ether oxygens (including phenoxy) is 2. The second kappa shape index (κ2) is 8.10. The molecule has 0 unspecified atom stereocenters. The van der Waals surface area contributed by atoms with Crippen LogP contribution in [0.1, 0.15) is 42.5 Å². The number of anilines is 1. The van der Waals surface area contributed by atoms with E-state index < -0.39 is 29.6 Å². The van der Waals surface area contributed by atoms with Gasteiger partial charge in [-0.15, -0.1) is 0 Å². The molecule has 3 rings (SSSR count). The summed E-state index contributed by atoms with van der Waals surface area (Å²) in [6.07, 6.45) is 2.34. The van der Waals surface area contributed by atoms with Gasteiger partial charge in [-0.25, -0.2) is 14.1 Å². The number of amides is 2. The van der Waals surface area contributed by atoms with E-state index in [4.69, 9.17) is 16.3 Å². The van der Waals surface area contributed by atoms with E-state index >= 15 is 0 Å². The van der Waals surface area contributed by atoms with Crippen molar-refractivity contribution in [2.24, 2.45) is 0 Å². The lowest BCUT2D eigenvalue weighted by Gasteiger charge is -2.17. The van der Waals surface area contributed by atoms with E-state index in [1.165, 1.54) is 7.11 Å². The van der Waals surface area contributed by atoms with Gasteiger partial charge in [0.15, 0.2) is 0 Å². The second-order valence-electron chi connectivity index (χ2n) is 6.36. The molecule has 1 aliphatic carbocycles. The predicted octanol–water partition coefficient (Wildman–Crippen LogP) is 2.94. The van der Waals surface area contributed by atoms with Crippen LogP contribution in [-0.4, -0.2) is 37.5 Å². The SMILES string of the molecule is COC(=O)CCOC(=O)c1cc(N2C(=O)C3=C(CCCC3)C2=O)c(F)cc1Cl. The molecule has 1 aromatic carbocycles. The lowest BCUT2D eigenvalue weighted by atomic mass is 9.93. The van der Waals surface area contributed by atoms with Crippen LogP contribution in [0.2, 0.25) is 5.02 Å². The predicted molar refractivity (Wildman–Crippen MR) is 96.3 cm³/mol. The fraction of sp³-hybridized carbons (Fsp3) is 0.368. The zero-order valence-corrected chi connectivity index (χ0v) is 15.8. The third-order valence-corrected chi connectivity index (χ3v) is 4.97. The molecule has 1 heterocycles. The van der Waals surface area contributed by atoms with Gasteiger partial charge in [0.05, 0.1) is 29.8 Å². The second-order valence-corrected chi connectivity index (χ2v) is 6.76. The van der Waals surface area contributed by atoms with Crippen molar-refractivity contribution < 1.29 is 33.0 Å². The van der Waals surface area contributed by atoms with Gasteiger partial charge in [0.2, 0.25) is 0 Å². The minimum atomic E-state index is -0.910. The Bertz CT molecular complexity index is 882. The van der Waals surface area contributed by atoms with E-state index in [2.05, 4.69) is 4.74 Å². The third kappa shape index (κ3) is 3.64. The third-order valence-electron chi connectivity index (χ3n) is 4.65. The van der Waals surface area contributed by atoms with Gasteiger partial charge in [0.25, 0.3) is 11.8 Å². The molecule has 0 saturated carbocycles. The Morgan fingerprint density at radius 2 is 1.75 bits per heavy atom. The highest BCUT2D eigenvalue weighted by molar-refractivity contribution is 6.35. The number of nitrogens with zero attached hydrogens (tertiary/aromatic N) is 1. The van der Waals surface area contributed by atoms with E-state index in [1.54, 1.807) is 0 Å². The highest BCUT2D eigenvalue weighted by Crippen LogP contribution is 2.37. The number of carbonyl (C=O) groups is 4. The Balaban J connectivity index is 1.86. The van der Waals surface area contributed by atoms with E-state index in [-0.39, 0.29) is 29.3 Å². The first-order valence-electron chi connectivity index (χ1n) is 8.69. The van der Waals surface area contributed by atoms with Gasteiger partial charge in [0, 0.05) is 11.1 Å². The maximum Gasteiger partial charge on any atom is 0.339 e. The van der Waals surface area contributed by atoms with Crippen molar-refractivity contribution in [3.8, 4) is 0 Å². The van der Waals surface area contributed by atoms with Crippen molar-refractivity contribution in [1.82, 2.24) is 0 Å². The topological polar surface area (TPSA) is 90.0 Å². The molecule has 7 nitrogen and oxygen atoms in total. The normalized spacial score (nSPS) is 16.3. The van der Waals surface area contributed by atoms with Crippen LogP contribution in [0.3, 0.4) is 0 Å². The first-order valence-corrected chi connectivity index (χ1v) is 9.06. The molecule has 0 atom stereocenters. The molecular formula is C19H17ClFNO6. The summed E-state index contributed by atoms with van der Waals surface area (Å²) < 4.78 is 23.9. The standard InChI is InChI=1S/C19H17ClFNO6/c1-27-16(23)6-7-28-19(26)12-8-15(14(21)9-13(12)20)22-17(24)10-4-2-3-5-11(10)18(22)25/h8-9H,2-7H2,1H3. The lowest BCUT2D eigenvalue weighted by molar-refractivity contribution is -0.141. The van der Waals surface area contributed by atoms with Crippen molar-refractivity contribution in [3.63, 3.8) is 0 Å². The zero-order chi connectivity index (χ0) is 20.4. The maximum absolute atomic E-state index is 14.5. The first-order chi connectivity index (χ1) is 13.3. The average molecular weight is 410 g/mol. The van der Waals surface area contributed by atoms with Crippen LogP contribution in [0.15, 0.2) is 23.3 Å². The Morgan fingerprint density at radius 1 is 1.14 bits per heavy atom. The molecule has 1 aromatic rings. The maximum atomic E-state index is 14.5. The molecule has 28 heavy (non-hydrogen) atoms. The molecule has 0 aromatic heterocycles. The summed E-state index contributed by atoms with van der Waals surface area (Å²) in [7, 11) is 1.20. The summed E-state index contributed by atoms with van der Waals surface area (Å²) in [5.74, 6) is -3.54. The van der Waals surface area contributed by atoms with Gasteiger partial charge in [0.1, 0.15) is 12.4 Å². The van der Waals surface area contributed by atoms with Crippen LogP contribution < -0.4 is 4.90 Å². The lowest BCUT2D eigenvalue weighted by Crippen LogP contribution is -2.32. The molecule has 0 radical (unpaired) electrons. The summed E-state index contributed by atoms with van der Waals surface area (Å²) in [6, 6.07) is 1.87. The molecule has 1 aliphatic heterocycles. The van der Waals surface area contributed by atoms with Crippen LogP contribution in [0.4, 0.5) is 10.1 Å². The minimum absolute atomic E-state index is 0.159. The van der Waals surface area contributed by atoms with Crippen LogP contribution in [0.5, 0.6) is 0 Å². The average Bonchev–Trinajstić information content (AvgIpc) is 2.93. The fourth-order valence-electron chi connectivity index (χ4n) is 3.23. The summed E-state index contributed by atoms with van der Waals surface area (Å²) in [4.78, 5) is 49.3. The molecule has 0 bridgehead atoms. The van der Waals surface area contributed by atoms with Crippen LogP contribution in [0, 0.1) is 5.82 Å². The van der Waals surface area contributed by atoms with E-state index in [0.29, 0.717) is 24.0 Å². The highest BCUT2D eigenvalue weighted by atomic mass is 35.5. The Morgan fingerprint density at radius 3 is 2.32 bits per heavy atom. The fourth-order valence-corrected chi connectivity index (χ4v) is 3.46. The number of hydrogen-bond acceptors (Lipinski definition) is 6. The van der Waals surface area contributed by atoms with Gasteiger partial charge in [-0.3, -0.25) is 14.4 Å². The summed E-state index contributed by atoms with van der Waals surface area (Å²) in [5.41, 5.74) is 0.225. The van der Waals surface area contributed by atoms with Crippen LogP contribution >= 0.6 is 11.6 Å². The first kappa shape index (κ1) is 20.0. The van der Waals surface area contributed by atoms with Gasteiger partial charge in [-0.2, -0.15) is 0 Å². The van der Waals surface area contributed by atoms with Crippen molar-refractivity contribution in [3.05, 3.63) is 39.7 Å². The van der Waals surface area contributed by atoms with Gasteiger partial charge in [-0.1, -0.05) is 11.6 Å². The molecule has 2 aliphatic rings. The quantitative estimate of drug-likeness (QED) is 0.548. The highest BCUT2D eigenvalue weighted by Gasteiger charge is 2.41. The van der Waals surface area contributed by atoms with Crippen molar-refractivity contribution in [1.29, 1.82) is 0 Å². The van der Waals surface area contributed by atoms with Gasteiger partial charge >= 0.3 is 11.9 Å². The number of rotatable bonds is 5. The Labute approximate surface area is 165 Å². The number of imide groups is 1. The van der Waals surface area contributed by atoms with Crippen molar-refractivity contribution in [2.75, 3.05) is 18.6 Å². The number of carbonyl (C=O) groups excluding carboxylic acids is 4. The molecular weight excluding hydrogens is 393 g/mol. The molecule has 9 heteroatoms. The van der Waals surface area contributed by atoms with Gasteiger partial charge in [-0.05, 0) is 37.8 Å². The minimum Gasteiger partial charge on any atom is -0.469 e. The van der Waals surface area contributed by atoms with Crippen molar-refractivity contribution in [2.45, 2.75) is 32.1 Å². The molecule has 0 saturated heterocycles. The van der Waals surface area contributed by atoms with E-state index in [9.17, 15) is 23.6 Å².